The van der Waals surface area contributed by atoms with E-state index in [1.165, 1.54) is 6.07 Å². The summed E-state index contributed by atoms with van der Waals surface area (Å²) in [6, 6.07) is 10.5. The third-order valence-electron chi connectivity index (χ3n) is 2.97. The lowest BCUT2D eigenvalue weighted by atomic mass is 10.1. The molecule has 0 saturated heterocycles. The van der Waals surface area contributed by atoms with E-state index in [-0.39, 0.29) is 11.9 Å². The van der Waals surface area contributed by atoms with Crippen LogP contribution in [0.4, 0.5) is 4.39 Å². The van der Waals surface area contributed by atoms with Crippen LogP contribution < -0.4 is 10.5 Å². The molecule has 20 heavy (non-hydrogen) atoms. The van der Waals surface area contributed by atoms with Gasteiger partial charge >= 0.3 is 0 Å². The van der Waals surface area contributed by atoms with Gasteiger partial charge in [0, 0.05) is 16.1 Å². The van der Waals surface area contributed by atoms with Gasteiger partial charge in [-0.05, 0) is 50.1 Å². The van der Waals surface area contributed by atoms with Crippen molar-refractivity contribution in [1.29, 1.82) is 0 Å². The SMILES string of the molecule is Cc1ccc(Br)cc1Oc1cccc(F)c1CC(C)N. The fourth-order valence-corrected chi connectivity index (χ4v) is 2.30. The lowest BCUT2D eigenvalue weighted by molar-refractivity contribution is 0.460. The predicted molar refractivity (Wildman–Crippen MR) is 82.7 cm³/mol. The maximum atomic E-state index is 13.9. The summed E-state index contributed by atoms with van der Waals surface area (Å²) in [7, 11) is 0. The van der Waals surface area contributed by atoms with E-state index in [0.717, 1.165) is 10.0 Å². The van der Waals surface area contributed by atoms with Crippen LogP contribution in [0.1, 0.15) is 18.1 Å². The lowest BCUT2D eigenvalue weighted by Gasteiger charge is -2.15. The zero-order valence-electron chi connectivity index (χ0n) is 11.5. The molecule has 0 aliphatic heterocycles. The van der Waals surface area contributed by atoms with E-state index in [0.29, 0.717) is 23.5 Å². The average molecular weight is 338 g/mol. The second-order valence-corrected chi connectivity index (χ2v) is 5.83. The molecule has 0 aliphatic rings. The van der Waals surface area contributed by atoms with Gasteiger partial charge in [0.15, 0.2) is 0 Å². The molecular formula is C16H17BrFNO. The van der Waals surface area contributed by atoms with Gasteiger partial charge in [-0.3, -0.25) is 0 Å². The van der Waals surface area contributed by atoms with Crippen LogP contribution in [-0.2, 0) is 6.42 Å². The Balaban J connectivity index is 2.38. The molecule has 1 atom stereocenters. The first-order valence-corrected chi connectivity index (χ1v) is 7.23. The Morgan fingerprint density at radius 1 is 1.25 bits per heavy atom. The van der Waals surface area contributed by atoms with Gasteiger partial charge in [0.1, 0.15) is 17.3 Å². The number of hydrogen-bond donors (Lipinski definition) is 1. The molecule has 0 bridgehead atoms. The molecule has 0 aliphatic carbocycles. The highest BCUT2D eigenvalue weighted by Gasteiger charge is 2.13. The van der Waals surface area contributed by atoms with Gasteiger partial charge in [0.2, 0.25) is 0 Å². The van der Waals surface area contributed by atoms with Gasteiger partial charge in [0.25, 0.3) is 0 Å². The fourth-order valence-electron chi connectivity index (χ4n) is 1.96. The van der Waals surface area contributed by atoms with Gasteiger partial charge < -0.3 is 10.5 Å². The van der Waals surface area contributed by atoms with Gasteiger partial charge in [-0.2, -0.15) is 0 Å². The minimum Gasteiger partial charge on any atom is -0.457 e. The van der Waals surface area contributed by atoms with Crippen LogP contribution in [-0.4, -0.2) is 6.04 Å². The summed E-state index contributed by atoms with van der Waals surface area (Å²) in [6.07, 6.45) is 0.440. The molecule has 0 heterocycles. The van der Waals surface area contributed by atoms with E-state index in [1.807, 2.05) is 32.0 Å². The molecule has 0 fully saturated rings. The number of nitrogens with two attached hydrogens (primary N) is 1. The Labute approximate surface area is 126 Å². The summed E-state index contributed by atoms with van der Waals surface area (Å²) in [5, 5.41) is 0. The van der Waals surface area contributed by atoms with Crippen molar-refractivity contribution in [2.24, 2.45) is 5.73 Å². The second-order valence-electron chi connectivity index (χ2n) is 4.91. The highest BCUT2D eigenvalue weighted by atomic mass is 79.9. The van der Waals surface area contributed by atoms with Crippen LogP contribution in [0.15, 0.2) is 40.9 Å². The number of rotatable bonds is 4. The molecule has 4 heteroatoms. The van der Waals surface area contributed by atoms with E-state index in [1.54, 1.807) is 12.1 Å². The first kappa shape index (κ1) is 15.0. The summed E-state index contributed by atoms with van der Waals surface area (Å²) < 4.78 is 20.7. The summed E-state index contributed by atoms with van der Waals surface area (Å²) in [4.78, 5) is 0. The monoisotopic (exact) mass is 337 g/mol. The van der Waals surface area contributed by atoms with Crippen molar-refractivity contribution in [2.75, 3.05) is 0 Å². The lowest BCUT2D eigenvalue weighted by Crippen LogP contribution is -2.19. The fraction of sp³-hybridized carbons (Fsp3) is 0.250. The highest BCUT2D eigenvalue weighted by Crippen LogP contribution is 2.31. The molecule has 0 aromatic heterocycles. The van der Waals surface area contributed by atoms with Crippen molar-refractivity contribution >= 4 is 15.9 Å². The van der Waals surface area contributed by atoms with Crippen LogP contribution in [0.25, 0.3) is 0 Å². The van der Waals surface area contributed by atoms with Crippen LogP contribution >= 0.6 is 15.9 Å². The zero-order chi connectivity index (χ0) is 14.7. The van der Waals surface area contributed by atoms with Gasteiger partial charge in [-0.15, -0.1) is 0 Å². The van der Waals surface area contributed by atoms with Crippen molar-refractivity contribution in [1.82, 2.24) is 0 Å². The molecular weight excluding hydrogens is 321 g/mol. The smallest absolute Gasteiger partial charge is 0.133 e. The molecule has 1 unspecified atom stereocenters. The van der Waals surface area contributed by atoms with Gasteiger partial charge in [-0.1, -0.05) is 28.1 Å². The summed E-state index contributed by atoms with van der Waals surface area (Å²) in [6.45, 7) is 3.80. The largest absolute Gasteiger partial charge is 0.457 e. The molecule has 2 aromatic carbocycles. The van der Waals surface area contributed by atoms with E-state index in [2.05, 4.69) is 15.9 Å². The molecule has 2 nitrogen and oxygen atoms in total. The van der Waals surface area contributed by atoms with Gasteiger partial charge in [0.05, 0.1) is 0 Å². The predicted octanol–water partition coefficient (Wildman–Crippen LogP) is 4.58. The first-order valence-electron chi connectivity index (χ1n) is 6.44. The molecule has 2 rings (SSSR count). The summed E-state index contributed by atoms with van der Waals surface area (Å²) >= 11 is 3.41. The number of halogens is 2. The van der Waals surface area contributed by atoms with Gasteiger partial charge in [-0.25, -0.2) is 4.39 Å². The molecule has 0 radical (unpaired) electrons. The Morgan fingerprint density at radius 3 is 2.70 bits per heavy atom. The van der Waals surface area contributed by atoms with Crippen molar-refractivity contribution < 1.29 is 9.13 Å². The quantitative estimate of drug-likeness (QED) is 0.886. The number of hydrogen-bond acceptors (Lipinski definition) is 2. The molecule has 2 N–H and O–H groups in total. The standard InChI is InChI=1S/C16H17BrFNO/c1-10-6-7-12(17)9-16(10)20-15-5-3-4-14(18)13(15)8-11(2)19/h3-7,9,11H,8,19H2,1-2H3. The Bertz CT molecular complexity index is 613. The number of ether oxygens (including phenoxy) is 1. The molecule has 2 aromatic rings. The van der Waals surface area contributed by atoms with Crippen molar-refractivity contribution in [2.45, 2.75) is 26.3 Å². The maximum Gasteiger partial charge on any atom is 0.133 e. The minimum atomic E-state index is -0.285. The second kappa shape index (κ2) is 6.37. The topological polar surface area (TPSA) is 35.2 Å². The van der Waals surface area contributed by atoms with Crippen molar-refractivity contribution in [3.63, 3.8) is 0 Å². The summed E-state index contributed by atoms with van der Waals surface area (Å²) in [5.74, 6) is 0.937. The molecule has 0 spiro atoms. The number of aryl methyl sites for hydroxylation is 1. The zero-order valence-corrected chi connectivity index (χ0v) is 13.1. The Hall–Kier alpha value is -1.39. The third kappa shape index (κ3) is 3.58. The van der Waals surface area contributed by atoms with Crippen LogP contribution in [0.3, 0.4) is 0 Å². The third-order valence-corrected chi connectivity index (χ3v) is 3.47. The number of benzene rings is 2. The van der Waals surface area contributed by atoms with Crippen LogP contribution in [0, 0.1) is 12.7 Å². The summed E-state index contributed by atoms with van der Waals surface area (Å²) in [5.41, 5.74) is 7.29. The minimum absolute atomic E-state index is 0.127. The molecule has 0 saturated carbocycles. The van der Waals surface area contributed by atoms with E-state index in [9.17, 15) is 4.39 Å². The maximum absolute atomic E-state index is 13.9. The van der Waals surface area contributed by atoms with Crippen LogP contribution in [0.5, 0.6) is 11.5 Å². The van der Waals surface area contributed by atoms with E-state index < -0.39 is 0 Å². The van der Waals surface area contributed by atoms with Crippen molar-refractivity contribution in [3.05, 3.63) is 57.8 Å². The van der Waals surface area contributed by atoms with Crippen LogP contribution in [0.2, 0.25) is 0 Å². The Kier molecular flexibility index (Phi) is 4.78. The molecule has 106 valence electrons. The normalized spacial score (nSPS) is 12.2. The van der Waals surface area contributed by atoms with E-state index >= 15 is 0 Å². The highest BCUT2D eigenvalue weighted by molar-refractivity contribution is 9.10. The van der Waals surface area contributed by atoms with Crippen molar-refractivity contribution in [3.8, 4) is 11.5 Å². The Morgan fingerprint density at radius 2 is 2.00 bits per heavy atom. The van der Waals surface area contributed by atoms with E-state index in [4.69, 9.17) is 10.5 Å². The average Bonchev–Trinajstić information content (AvgIpc) is 2.37. The first-order chi connectivity index (χ1) is 9.47. The molecule has 0 amide bonds.